The predicted molar refractivity (Wildman–Crippen MR) is 80.7 cm³/mol. The van der Waals surface area contributed by atoms with Crippen molar-refractivity contribution in [3.8, 4) is 0 Å². The van der Waals surface area contributed by atoms with Crippen LogP contribution in [0.4, 0.5) is 5.82 Å². The summed E-state index contributed by atoms with van der Waals surface area (Å²) >= 11 is 7.05. The van der Waals surface area contributed by atoms with Crippen molar-refractivity contribution in [1.82, 2.24) is 4.98 Å². The highest BCUT2D eigenvalue weighted by Gasteiger charge is 2.06. The molecule has 0 fully saturated rings. The maximum atomic E-state index is 4.67. The molecule has 0 saturated carbocycles. The van der Waals surface area contributed by atoms with Crippen LogP contribution in [-0.2, 0) is 0 Å². The molecule has 0 bridgehead atoms. The molecule has 2 nitrogen and oxygen atoms in total. The van der Waals surface area contributed by atoms with Crippen molar-refractivity contribution < 1.29 is 0 Å². The molecular weight excluding hydrogens is 344 g/mol. The van der Waals surface area contributed by atoms with Crippen molar-refractivity contribution in [2.24, 2.45) is 0 Å². The summed E-state index contributed by atoms with van der Waals surface area (Å²) in [5.74, 6) is 0.974. The van der Waals surface area contributed by atoms with Crippen LogP contribution in [0.15, 0.2) is 27.1 Å². The molecule has 0 spiro atoms. The zero-order valence-corrected chi connectivity index (χ0v) is 13.0. The number of aromatic nitrogens is 1. The van der Waals surface area contributed by atoms with Crippen molar-refractivity contribution in [1.29, 1.82) is 0 Å². The topological polar surface area (TPSA) is 24.9 Å². The molecule has 2 rings (SSSR count). The van der Waals surface area contributed by atoms with Gasteiger partial charge in [-0.15, -0.1) is 0 Å². The van der Waals surface area contributed by atoms with Crippen molar-refractivity contribution in [3.05, 3.63) is 32.7 Å². The van der Waals surface area contributed by atoms with Crippen LogP contribution in [0.2, 0.25) is 0 Å². The minimum absolute atomic E-state index is 0.952. The van der Waals surface area contributed by atoms with E-state index in [1.807, 2.05) is 6.07 Å². The minimum Gasteiger partial charge on any atom is -0.370 e. The molecule has 1 heterocycles. The Hall–Kier alpha value is -0.610. The number of pyridine rings is 1. The van der Waals surface area contributed by atoms with E-state index in [-0.39, 0.29) is 0 Å². The maximum Gasteiger partial charge on any atom is 0.129 e. The highest BCUT2D eigenvalue weighted by molar-refractivity contribution is 9.11. The Bertz CT molecular complexity index is 553. The molecule has 1 aromatic carbocycles. The lowest BCUT2D eigenvalue weighted by Crippen LogP contribution is -2.04. The van der Waals surface area contributed by atoms with E-state index < -0.39 is 0 Å². The Kier molecular flexibility index (Phi) is 4.05. The van der Waals surface area contributed by atoms with Gasteiger partial charge in [-0.25, -0.2) is 4.98 Å². The van der Waals surface area contributed by atoms with Crippen LogP contribution in [0.1, 0.15) is 18.9 Å². The minimum atomic E-state index is 0.952. The van der Waals surface area contributed by atoms with Crippen LogP contribution >= 0.6 is 31.9 Å². The molecule has 0 atom stereocenters. The van der Waals surface area contributed by atoms with Crippen molar-refractivity contribution in [2.45, 2.75) is 20.3 Å². The van der Waals surface area contributed by atoms with Crippen LogP contribution in [0.3, 0.4) is 0 Å². The van der Waals surface area contributed by atoms with Gasteiger partial charge in [0.1, 0.15) is 5.82 Å². The normalized spacial score (nSPS) is 10.8. The molecule has 0 saturated heterocycles. The lowest BCUT2D eigenvalue weighted by atomic mass is 10.1. The average molecular weight is 358 g/mol. The van der Waals surface area contributed by atoms with Gasteiger partial charge in [0.05, 0.1) is 5.52 Å². The summed E-state index contributed by atoms with van der Waals surface area (Å²) in [4.78, 5) is 4.67. The SMILES string of the molecule is CCCNc1nc2c(Br)cc(Br)cc2cc1C. The molecule has 0 unspecified atom stereocenters. The van der Waals surface area contributed by atoms with Gasteiger partial charge in [0.2, 0.25) is 0 Å². The third-order valence-corrected chi connectivity index (χ3v) is 3.63. The number of anilines is 1. The fourth-order valence-electron chi connectivity index (χ4n) is 1.74. The molecular formula is C13H14Br2N2. The number of hydrogen-bond donors (Lipinski definition) is 1. The molecule has 0 aliphatic rings. The molecule has 1 aromatic heterocycles. The fourth-order valence-corrected chi connectivity index (χ4v) is 3.08. The van der Waals surface area contributed by atoms with Crippen molar-refractivity contribution in [3.63, 3.8) is 0 Å². The summed E-state index contributed by atoms with van der Waals surface area (Å²) in [6.07, 6.45) is 1.10. The molecule has 17 heavy (non-hydrogen) atoms. The Morgan fingerprint density at radius 2 is 2.00 bits per heavy atom. The number of hydrogen-bond acceptors (Lipinski definition) is 2. The second-order valence-electron chi connectivity index (χ2n) is 4.04. The Labute approximate surface area is 118 Å². The molecule has 0 amide bonds. The lowest BCUT2D eigenvalue weighted by molar-refractivity contribution is 0.968. The molecule has 0 aliphatic carbocycles. The molecule has 90 valence electrons. The van der Waals surface area contributed by atoms with Crippen LogP contribution in [0.5, 0.6) is 0 Å². The summed E-state index contributed by atoms with van der Waals surface area (Å²) < 4.78 is 2.08. The summed E-state index contributed by atoms with van der Waals surface area (Å²) in [6, 6.07) is 6.27. The van der Waals surface area contributed by atoms with E-state index in [1.165, 1.54) is 5.56 Å². The second-order valence-corrected chi connectivity index (χ2v) is 5.81. The van der Waals surface area contributed by atoms with Gasteiger partial charge in [-0.05, 0) is 53.0 Å². The van der Waals surface area contributed by atoms with E-state index in [0.29, 0.717) is 0 Å². The highest BCUT2D eigenvalue weighted by Crippen LogP contribution is 2.29. The fraction of sp³-hybridized carbons (Fsp3) is 0.308. The smallest absolute Gasteiger partial charge is 0.129 e. The first-order valence-electron chi connectivity index (χ1n) is 5.62. The predicted octanol–water partition coefficient (Wildman–Crippen LogP) is 4.89. The van der Waals surface area contributed by atoms with E-state index in [2.05, 4.69) is 68.1 Å². The Morgan fingerprint density at radius 3 is 2.71 bits per heavy atom. The first-order chi connectivity index (χ1) is 8.11. The van der Waals surface area contributed by atoms with Gasteiger partial charge in [0.25, 0.3) is 0 Å². The van der Waals surface area contributed by atoms with Gasteiger partial charge >= 0.3 is 0 Å². The van der Waals surface area contributed by atoms with Crippen LogP contribution in [0.25, 0.3) is 10.9 Å². The van der Waals surface area contributed by atoms with E-state index in [9.17, 15) is 0 Å². The number of rotatable bonds is 3. The Balaban J connectivity index is 2.55. The number of aryl methyl sites for hydroxylation is 1. The van der Waals surface area contributed by atoms with Gasteiger partial charge in [0, 0.05) is 20.9 Å². The standard InChI is InChI=1S/C13H14Br2N2/c1-3-4-16-13-8(2)5-9-6-10(14)7-11(15)12(9)17-13/h5-7H,3-4H2,1-2H3,(H,16,17). The number of fused-ring (bicyclic) bond motifs is 1. The van der Waals surface area contributed by atoms with E-state index in [1.54, 1.807) is 0 Å². The summed E-state index contributed by atoms with van der Waals surface area (Å²) in [7, 11) is 0. The summed E-state index contributed by atoms with van der Waals surface area (Å²) in [5, 5.41) is 4.50. The number of nitrogens with zero attached hydrogens (tertiary/aromatic N) is 1. The average Bonchev–Trinajstić information content (AvgIpc) is 2.26. The quantitative estimate of drug-likeness (QED) is 0.845. The molecule has 1 N–H and O–H groups in total. The first-order valence-corrected chi connectivity index (χ1v) is 7.20. The lowest BCUT2D eigenvalue weighted by Gasteiger charge is -2.10. The van der Waals surface area contributed by atoms with Crippen LogP contribution in [0, 0.1) is 6.92 Å². The molecule has 4 heteroatoms. The number of benzene rings is 1. The van der Waals surface area contributed by atoms with Crippen molar-refractivity contribution in [2.75, 3.05) is 11.9 Å². The van der Waals surface area contributed by atoms with Gasteiger partial charge in [-0.3, -0.25) is 0 Å². The van der Waals surface area contributed by atoms with E-state index in [0.717, 1.165) is 38.6 Å². The third-order valence-electron chi connectivity index (χ3n) is 2.57. The zero-order valence-electron chi connectivity index (χ0n) is 9.85. The van der Waals surface area contributed by atoms with E-state index >= 15 is 0 Å². The summed E-state index contributed by atoms with van der Waals surface area (Å²) in [5.41, 5.74) is 2.17. The van der Waals surface area contributed by atoms with Crippen LogP contribution < -0.4 is 5.32 Å². The maximum absolute atomic E-state index is 4.67. The Morgan fingerprint density at radius 1 is 1.24 bits per heavy atom. The number of halogens is 2. The van der Waals surface area contributed by atoms with Gasteiger partial charge in [-0.2, -0.15) is 0 Å². The highest BCUT2D eigenvalue weighted by atomic mass is 79.9. The number of nitrogens with one attached hydrogen (secondary N) is 1. The molecule has 2 aromatic rings. The van der Waals surface area contributed by atoms with E-state index in [4.69, 9.17) is 0 Å². The van der Waals surface area contributed by atoms with Gasteiger partial charge in [0.15, 0.2) is 0 Å². The van der Waals surface area contributed by atoms with Gasteiger partial charge in [-0.1, -0.05) is 22.9 Å². The molecule has 0 aliphatic heterocycles. The van der Waals surface area contributed by atoms with Gasteiger partial charge < -0.3 is 5.32 Å². The zero-order chi connectivity index (χ0) is 12.4. The van der Waals surface area contributed by atoms with Crippen molar-refractivity contribution >= 4 is 48.6 Å². The molecule has 0 radical (unpaired) electrons. The monoisotopic (exact) mass is 356 g/mol. The van der Waals surface area contributed by atoms with Crippen LogP contribution in [-0.4, -0.2) is 11.5 Å². The second kappa shape index (κ2) is 5.36. The third kappa shape index (κ3) is 2.80. The first kappa shape index (κ1) is 12.8. The summed E-state index contributed by atoms with van der Waals surface area (Å²) in [6.45, 7) is 5.18. The largest absolute Gasteiger partial charge is 0.370 e.